The molecule has 1 aromatic heterocycles. The van der Waals surface area contributed by atoms with Gasteiger partial charge in [-0.25, -0.2) is 0 Å². The van der Waals surface area contributed by atoms with E-state index in [1.54, 1.807) is 18.2 Å². The van der Waals surface area contributed by atoms with Crippen LogP contribution in [0.4, 0.5) is 0 Å². The maximum atomic E-state index is 11.9. The molecule has 0 spiro atoms. The van der Waals surface area contributed by atoms with Crippen LogP contribution in [0.2, 0.25) is 0 Å². The smallest absolute Gasteiger partial charge is 0.234 e. The number of fused-ring (bicyclic) bond motifs is 1. The molecule has 20 heavy (non-hydrogen) atoms. The lowest BCUT2D eigenvalue weighted by Gasteiger charge is -2.22. The number of hydrogen-bond donors (Lipinski definition) is 2. The Morgan fingerprint density at radius 2 is 2.10 bits per heavy atom. The predicted molar refractivity (Wildman–Crippen MR) is 73.3 cm³/mol. The van der Waals surface area contributed by atoms with E-state index < -0.39 is 0 Å². The van der Waals surface area contributed by atoms with Crippen molar-refractivity contribution in [1.82, 2.24) is 10.3 Å². The van der Waals surface area contributed by atoms with Crippen LogP contribution in [0.25, 0.3) is 10.9 Å². The molecule has 2 heterocycles. The third kappa shape index (κ3) is 2.11. The number of phenolic OH excluding ortho intramolecular Hbond substituents is 1. The molecule has 1 fully saturated rings. The normalized spacial score (nSPS) is 19.1. The minimum Gasteiger partial charge on any atom is -0.508 e. The SMILES string of the molecule is Cc1nc2cc(O)ccc2cc1C1CCC(=O)NC1=O. The van der Waals surface area contributed by atoms with E-state index in [-0.39, 0.29) is 23.5 Å². The van der Waals surface area contributed by atoms with Gasteiger partial charge in [0, 0.05) is 23.6 Å². The van der Waals surface area contributed by atoms with Crippen molar-refractivity contribution in [2.24, 2.45) is 0 Å². The average molecular weight is 270 g/mol. The summed E-state index contributed by atoms with van der Waals surface area (Å²) in [5, 5.41) is 12.7. The molecule has 1 saturated heterocycles. The van der Waals surface area contributed by atoms with Gasteiger partial charge in [0.2, 0.25) is 11.8 Å². The molecule has 3 rings (SSSR count). The number of rotatable bonds is 1. The lowest BCUT2D eigenvalue weighted by molar-refractivity contribution is -0.134. The van der Waals surface area contributed by atoms with Crippen molar-refractivity contribution in [3.05, 3.63) is 35.5 Å². The summed E-state index contributed by atoms with van der Waals surface area (Å²) in [6.45, 7) is 1.84. The number of pyridine rings is 1. The van der Waals surface area contributed by atoms with Gasteiger partial charge >= 0.3 is 0 Å². The minimum absolute atomic E-state index is 0.165. The molecule has 5 heteroatoms. The summed E-state index contributed by atoms with van der Waals surface area (Å²) >= 11 is 0. The average Bonchev–Trinajstić information content (AvgIpc) is 2.38. The first-order valence-electron chi connectivity index (χ1n) is 6.48. The summed E-state index contributed by atoms with van der Waals surface area (Å²) in [4.78, 5) is 27.6. The van der Waals surface area contributed by atoms with Crippen molar-refractivity contribution in [3.63, 3.8) is 0 Å². The van der Waals surface area contributed by atoms with E-state index in [4.69, 9.17) is 0 Å². The van der Waals surface area contributed by atoms with Crippen LogP contribution < -0.4 is 5.32 Å². The Labute approximate surface area is 115 Å². The molecule has 1 unspecified atom stereocenters. The molecular weight excluding hydrogens is 256 g/mol. The van der Waals surface area contributed by atoms with Crippen molar-refractivity contribution < 1.29 is 14.7 Å². The molecule has 1 aliphatic rings. The second-order valence-electron chi connectivity index (χ2n) is 5.04. The number of nitrogens with zero attached hydrogens (tertiary/aromatic N) is 1. The lowest BCUT2D eigenvalue weighted by atomic mass is 9.89. The minimum atomic E-state index is -0.335. The van der Waals surface area contributed by atoms with E-state index in [1.165, 1.54) is 0 Å². The Kier molecular flexibility index (Phi) is 2.89. The maximum Gasteiger partial charge on any atom is 0.234 e. The molecule has 5 nitrogen and oxygen atoms in total. The van der Waals surface area contributed by atoms with Gasteiger partial charge in [-0.05, 0) is 37.1 Å². The predicted octanol–water partition coefficient (Wildman–Crippen LogP) is 1.77. The van der Waals surface area contributed by atoms with Crippen LogP contribution in [-0.2, 0) is 9.59 Å². The molecule has 1 atom stereocenters. The molecule has 0 radical (unpaired) electrons. The highest BCUT2D eigenvalue weighted by molar-refractivity contribution is 6.01. The zero-order valence-electron chi connectivity index (χ0n) is 11.0. The van der Waals surface area contributed by atoms with E-state index in [0.717, 1.165) is 16.6 Å². The first-order valence-corrected chi connectivity index (χ1v) is 6.48. The third-order valence-corrected chi connectivity index (χ3v) is 3.65. The van der Waals surface area contributed by atoms with Crippen LogP contribution in [0.3, 0.4) is 0 Å². The Hall–Kier alpha value is -2.43. The highest BCUT2D eigenvalue weighted by atomic mass is 16.3. The molecular formula is C15H14N2O3. The fourth-order valence-corrected chi connectivity index (χ4v) is 2.61. The van der Waals surface area contributed by atoms with Crippen LogP contribution in [0.5, 0.6) is 5.75 Å². The summed E-state index contributed by atoms with van der Waals surface area (Å²) < 4.78 is 0. The lowest BCUT2D eigenvalue weighted by Crippen LogP contribution is -2.39. The monoisotopic (exact) mass is 270 g/mol. The number of benzene rings is 1. The van der Waals surface area contributed by atoms with Gasteiger partial charge in [0.25, 0.3) is 0 Å². The van der Waals surface area contributed by atoms with Crippen LogP contribution in [0.1, 0.15) is 30.0 Å². The molecule has 2 N–H and O–H groups in total. The summed E-state index contributed by atoms with van der Waals surface area (Å²) in [6, 6.07) is 6.87. The number of carbonyl (C=O) groups excluding carboxylic acids is 2. The molecule has 0 aliphatic carbocycles. The highest BCUT2D eigenvalue weighted by Crippen LogP contribution is 2.30. The quantitative estimate of drug-likeness (QED) is 0.774. The standard InChI is InChI=1S/C15H14N2O3/c1-8-12(11-4-5-14(19)17-15(11)20)6-9-2-3-10(18)7-13(9)16-8/h2-3,6-7,11,18H,4-5H2,1H3,(H,17,19,20). The molecule has 1 aliphatic heterocycles. The largest absolute Gasteiger partial charge is 0.508 e. The zero-order valence-corrected chi connectivity index (χ0v) is 11.0. The van der Waals surface area contributed by atoms with E-state index in [0.29, 0.717) is 18.4 Å². The maximum absolute atomic E-state index is 11.9. The number of aromatic nitrogens is 1. The van der Waals surface area contributed by atoms with E-state index in [1.807, 2.05) is 13.0 Å². The van der Waals surface area contributed by atoms with Gasteiger partial charge in [0.05, 0.1) is 11.4 Å². The van der Waals surface area contributed by atoms with Gasteiger partial charge in [-0.2, -0.15) is 0 Å². The van der Waals surface area contributed by atoms with E-state index in [9.17, 15) is 14.7 Å². The van der Waals surface area contributed by atoms with Crippen LogP contribution in [0.15, 0.2) is 24.3 Å². The highest BCUT2D eigenvalue weighted by Gasteiger charge is 2.29. The number of aryl methyl sites for hydroxylation is 1. The molecule has 0 bridgehead atoms. The first-order chi connectivity index (χ1) is 9.54. The summed E-state index contributed by atoms with van der Waals surface area (Å²) in [5.74, 6) is -0.650. The number of carbonyl (C=O) groups is 2. The summed E-state index contributed by atoms with van der Waals surface area (Å²) in [6.07, 6.45) is 0.861. The number of hydrogen-bond acceptors (Lipinski definition) is 4. The number of phenols is 1. The van der Waals surface area contributed by atoms with Gasteiger partial charge in [-0.3, -0.25) is 19.9 Å². The topological polar surface area (TPSA) is 79.3 Å². The van der Waals surface area contributed by atoms with Crippen LogP contribution in [0, 0.1) is 6.92 Å². The van der Waals surface area contributed by atoms with Crippen molar-refractivity contribution in [1.29, 1.82) is 0 Å². The molecule has 102 valence electrons. The van der Waals surface area contributed by atoms with Gasteiger partial charge in [-0.1, -0.05) is 0 Å². The Morgan fingerprint density at radius 3 is 2.85 bits per heavy atom. The van der Waals surface area contributed by atoms with Gasteiger partial charge in [-0.15, -0.1) is 0 Å². The number of aromatic hydroxyl groups is 1. The number of imide groups is 1. The van der Waals surface area contributed by atoms with Gasteiger partial charge < -0.3 is 5.11 Å². The van der Waals surface area contributed by atoms with Crippen molar-refractivity contribution >= 4 is 22.7 Å². The number of piperidine rings is 1. The number of amides is 2. The van der Waals surface area contributed by atoms with E-state index >= 15 is 0 Å². The molecule has 2 amide bonds. The zero-order chi connectivity index (χ0) is 14.3. The second-order valence-corrected chi connectivity index (χ2v) is 5.04. The Balaban J connectivity index is 2.07. The number of nitrogens with one attached hydrogen (secondary N) is 1. The van der Waals surface area contributed by atoms with Crippen LogP contribution in [-0.4, -0.2) is 21.9 Å². The van der Waals surface area contributed by atoms with Crippen molar-refractivity contribution in [2.75, 3.05) is 0 Å². The fourth-order valence-electron chi connectivity index (χ4n) is 2.61. The summed E-state index contributed by atoms with van der Waals surface area (Å²) in [5.41, 5.74) is 2.28. The third-order valence-electron chi connectivity index (χ3n) is 3.65. The van der Waals surface area contributed by atoms with Crippen molar-refractivity contribution in [2.45, 2.75) is 25.7 Å². The fraction of sp³-hybridized carbons (Fsp3) is 0.267. The molecule has 1 aromatic carbocycles. The van der Waals surface area contributed by atoms with E-state index in [2.05, 4.69) is 10.3 Å². The Bertz CT molecular complexity index is 724. The van der Waals surface area contributed by atoms with Crippen molar-refractivity contribution in [3.8, 4) is 5.75 Å². The molecule has 2 aromatic rings. The second kappa shape index (κ2) is 4.59. The first kappa shape index (κ1) is 12.6. The molecule has 0 saturated carbocycles. The Morgan fingerprint density at radius 1 is 1.30 bits per heavy atom. The summed E-state index contributed by atoms with van der Waals surface area (Å²) in [7, 11) is 0. The van der Waals surface area contributed by atoms with Gasteiger partial charge in [0.1, 0.15) is 5.75 Å². The van der Waals surface area contributed by atoms with Crippen LogP contribution >= 0.6 is 0 Å². The van der Waals surface area contributed by atoms with Gasteiger partial charge in [0.15, 0.2) is 0 Å².